The second-order valence-corrected chi connectivity index (χ2v) is 4.57. The largest absolute Gasteiger partial charge is 0.433 e. The van der Waals surface area contributed by atoms with Crippen LogP contribution in [-0.4, -0.2) is 40.9 Å². The molecule has 0 radical (unpaired) electrons. The topological polar surface area (TPSA) is 88.6 Å². The lowest BCUT2D eigenvalue weighted by atomic mass is 10.1. The molecule has 0 aromatic carbocycles. The van der Waals surface area contributed by atoms with E-state index in [1.165, 1.54) is 12.1 Å². The number of furan rings is 1. The second kappa shape index (κ2) is 6.03. The van der Waals surface area contributed by atoms with Gasteiger partial charge in [-0.3, -0.25) is 14.9 Å². The number of carbonyl (C=O) groups excluding carboxylic acids is 1. The van der Waals surface area contributed by atoms with Crippen LogP contribution in [0.5, 0.6) is 0 Å². The predicted molar refractivity (Wildman–Crippen MR) is 70.6 cm³/mol. The van der Waals surface area contributed by atoms with Crippen LogP contribution in [0.3, 0.4) is 0 Å². The molecule has 8 heteroatoms. The van der Waals surface area contributed by atoms with E-state index in [-0.39, 0.29) is 36.2 Å². The molecule has 2 rings (SSSR count). The number of hydrogen-bond donors (Lipinski definition) is 1. The van der Waals surface area contributed by atoms with Crippen LogP contribution >= 0.6 is 12.4 Å². The SMILES string of the molecule is CC1CN(C(=O)c2ccc([N+](=O)[O-])o2)CC(C)N1.Cl. The number of hydrogen-bond acceptors (Lipinski definition) is 5. The van der Waals surface area contributed by atoms with Crippen molar-refractivity contribution in [3.05, 3.63) is 28.0 Å². The van der Waals surface area contributed by atoms with Crippen molar-refractivity contribution in [2.75, 3.05) is 13.1 Å². The highest BCUT2D eigenvalue weighted by Gasteiger charge is 2.28. The molecule has 1 aromatic heterocycles. The number of piperazine rings is 1. The molecule has 1 N–H and O–H groups in total. The average molecular weight is 290 g/mol. The molecular weight excluding hydrogens is 274 g/mol. The zero-order chi connectivity index (χ0) is 13.3. The van der Waals surface area contributed by atoms with Crippen LogP contribution in [0.25, 0.3) is 0 Å². The highest BCUT2D eigenvalue weighted by atomic mass is 35.5. The maximum Gasteiger partial charge on any atom is 0.433 e. The molecule has 2 unspecified atom stereocenters. The molecule has 1 aliphatic heterocycles. The number of amides is 1. The molecule has 2 atom stereocenters. The van der Waals surface area contributed by atoms with Crippen LogP contribution in [0.2, 0.25) is 0 Å². The molecular formula is C11H16ClN3O4. The Balaban J connectivity index is 0.00000180. The van der Waals surface area contributed by atoms with Gasteiger partial charge in [0.25, 0.3) is 5.91 Å². The first-order chi connectivity index (χ1) is 8.47. The Morgan fingerprint density at radius 2 is 2.00 bits per heavy atom. The van der Waals surface area contributed by atoms with E-state index in [0.29, 0.717) is 13.1 Å². The zero-order valence-corrected chi connectivity index (χ0v) is 11.5. The van der Waals surface area contributed by atoms with Crippen molar-refractivity contribution in [2.24, 2.45) is 0 Å². The van der Waals surface area contributed by atoms with Crippen LogP contribution in [0.15, 0.2) is 16.5 Å². The van der Waals surface area contributed by atoms with E-state index in [1.54, 1.807) is 4.90 Å². The van der Waals surface area contributed by atoms with Crippen LogP contribution in [0.1, 0.15) is 24.4 Å². The molecule has 0 spiro atoms. The quantitative estimate of drug-likeness (QED) is 0.657. The third kappa shape index (κ3) is 3.45. The zero-order valence-electron chi connectivity index (χ0n) is 10.7. The fourth-order valence-corrected chi connectivity index (χ4v) is 2.19. The van der Waals surface area contributed by atoms with Crippen molar-refractivity contribution < 1.29 is 14.1 Å². The Labute approximate surface area is 116 Å². The maximum absolute atomic E-state index is 12.1. The van der Waals surface area contributed by atoms with Crippen molar-refractivity contribution in [3.63, 3.8) is 0 Å². The molecule has 7 nitrogen and oxygen atoms in total. The van der Waals surface area contributed by atoms with Gasteiger partial charge in [0.05, 0.1) is 6.07 Å². The van der Waals surface area contributed by atoms with Crippen molar-refractivity contribution in [3.8, 4) is 0 Å². The van der Waals surface area contributed by atoms with Crippen molar-refractivity contribution >= 4 is 24.2 Å². The smallest absolute Gasteiger partial charge is 0.395 e. The monoisotopic (exact) mass is 289 g/mol. The summed E-state index contributed by atoms with van der Waals surface area (Å²) < 4.78 is 4.92. The molecule has 1 fully saturated rings. The molecule has 0 bridgehead atoms. The van der Waals surface area contributed by atoms with Gasteiger partial charge < -0.3 is 14.6 Å². The number of nitrogens with zero attached hydrogens (tertiary/aromatic N) is 2. The normalized spacial score (nSPS) is 22.7. The lowest BCUT2D eigenvalue weighted by Gasteiger charge is -2.35. The molecule has 0 aliphatic carbocycles. The summed E-state index contributed by atoms with van der Waals surface area (Å²) in [6.45, 7) is 5.11. The molecule has 2 heterocycles. The lowest BCUT2D eigenvalue weighted by molar-refractivity contribution is -0.402. The van der Waals surface area contributed by atoms with E-state index < -0.39 is 10.8 Å². The third-order valence-corrected chi connectivity index (χ3v) is 2.83. The van der Waals surface area contributed by atoms with E-state index in [1.807, 2.05) is 13.8 Å². The number of carbonyl (C=O) groups is 1. The molecule has 1 amide bonds. The van der Waals surface area contributed by atoms with Gasteiger partial charge in [-0.2, -0.15) is 0 Å². The standard InChI is InChI=1S/C11H15N3O4.ClH/c1-7-5-13(6-8(2)12-7)11(15)9-3-4-10(18-9)14(16)17;/h3-4,7-8,12H,5-6H2,1-2H3;1H. The van der Waals surface area contributed by atoms with Gasteiger partial charge >= 0.3 is 5.88 Å². The Morgan fingerprint density at radius 3 is 2.47 bits per heavy atom. The van der Waals surface area contributed by atoms with Gasteiger partial charge in [-0.1, -0.05) is 0 Å². The Kier molecular flexibility index (Phi) is 4.90. The highest BCUT2D eigenvalue weighted by molar-refractivity contribution is 5.91. The highest BCUT2D eigenvalue weighted by Crippen LogP contribution is 2.18. The summed E-state index contributed by atoms with van der Waals surface area (Å²) >= 11 is 0. The second-order valence-electron chi connectivity index (χ2n) is 4.57. The van der Waals surface area contributed by atoms with Crippen LogP contribution in [-0.2, 0) is 0 Å². The minimum Gasteiger partial charge on any atom is -0.395 e. The molecule has 19 heavy (non-hydrogen) atoms. The fourth-order valence-electron chi connectivity index (χ4n) is 2.19. The summed E-state index contributed by atoms with van der Waals surface area (Å²) in [7, 11) is 0. The van der Waals surface area contributed by atoms with E-state index in [4.69, 9.17) is 4.42 Å². The van der Waals surface area contributed by atoms with Crippen LogP contribution in [0, 0.1) is 10.1 Å². The molecule has 1 aliphatic rings. The van der Waals surface area contributed by atoms with Gasteiger partial charge in [0.15, 0.2) is 5.76 Å². The molecule has 106 valence electrons. The predicted octanol–water partition coefficient (Wildman–Crippen LogP) is 1.43. The van der Waals surface area contributed by atoms with Crippen molar-refractivity contribution in [2.45, 2.75) is 25.9 Å². The van der Waals surface area contributed by atoms with E-state index >= 15 is 0 Å². The minimum atomic E-state index is -0.653. The van der Waals surface area contributed by atoms with Crippen LogP contribution < -0.4 is 5.32 Å². The van der Waals surface area contributed by atoms with E-state index in [0.717, 1.165) is 0 Å². The Bertz CT molecular complexity index is 466. The third-order valence-electron chi connectivity index (χ3n) is 2.83. The summed E-state index contributed by atoms with van der Waals surface area (Å²) in [5.41, 5.74) is 0. The first-order valence-corrected chi connectivity index (χ1v) is 5.77. The summed E-state index contributed by atoms with van der Waals surface area (Å²) in [6, 6.07) is 2.94. The average Bonchev–Trinajstić information content (AvgIpc) is 2.75. The summed E-state index contributed by atoms with van der Waals surface area (Å²) in [6.07, 6.45) is 0. The van der Waals surface area contributed by atoms with Gasteiger partial charge in [-0.05, 0) is 19.9 Å². The van der Waals surface area contributed by atoms with E-state index in [9.17, 15) is 14.9 Å². The van der Waals surface area contributed by atoms with Crippen LogP contribution in [0.4, 0.5) is 5.88 Å². The van der Waals surface area contributed by atoms with Crippen molar-refractivity contribution in [1.82, 2.24) is 10.2 Å². The van der Waals surface area contributed by atoms with Gasteiger partial charge in [0.1, 0.15) is 4.92 Å². The number of rotatable bonds is 2. The summed E-state index contributed by atoms with van der Waals surface area (Å²) in [5.74, 6) is -0.694. The summed E-state index contributed by atoms with van der Waals surface area (Å²) in [5, 5.41) is 13.8. The Morgan fingerprint density at radius 1 is 1.42 bits per heavy atom. The fraction of sp³-hybridized carbons (Fsp3) is 0.545. The van der Waals surface area contributed by atoms with E-state index in [2.05, 4.69) is 5.32 Å². The maximum atomic E-state index is 12.1. The van der Waals surface area contributed by atoms with Gasteiger partial charge in [0.2, 0.25) is 0 Å². The number of nitro groups is 1. The number of halogens is 1. The minimum absolute atomic E-state index is 0. The van der Waals surface area contributed by atoms with Crippen molar-refractivity contribution in [1.29, 1.82) is 0 Å². The molecule has 0 saturated carbocycles. The first-order valence-electron chi connectivity index (χ1n) is 5.77. The lowest BCUT2D eigenvalue weighted by Crippen LogP contribution is -2.55. The molecule has 1 aromatic rings. The van der Waals surface area contributed by atoms with Gasteiger partial charge in [-0.25, -0.2) is 0 Å². The van der Waals surface area contributed by atoms with Gasteiger partial charge in [0, 0.05) is 25.2 Å². The Hall–Kier alpha value is -1.60. The molecule has 1 saturated heterocycles. The number of nitrogens with one attached hydrogen (secondary N) is 1. The first kappa shape index (κ1) is 15.5. The van der Waals surface area contributed by atoms with Gasteiger partial charge in [-0.15, -0.1) is 12.4 Å². The summed E-state index contributed by atoms with van der Waals surface area (Å²) in [4.78, 5) is 23.6.